The number of carbonyl (C=O) groups is 2. The SMILES string of the molecule is COC(=O)C1=C(C)NC2=C(C(=O)CC(c3cccs3)C2)C1c1ccc2c(c1)OCO2. The smallest absolute Gasteiger partial charge is 0.336 e. The lowest BCUT2D eigenvalue weighted by molar-refractivity contribution is -0.136. The molecular formula is C23H21NO5S. The van der Waals surface area contributed by atoms with Crippen molar-refractivity contribution < 1.29 is 23.8 Å². The van der Waals surface area contributed by atoms with Crippen molar-refractivity contribution in [2.24, 2.45) is 0 Å². The number of hydrogen-bond acceptors (Lipinski definition) is 7. The second-order valence-electron chi connectivity index (χ2n) is 7.64. The van der Waals surface area contributed by atoms with Gasteiger partial charge in [-0.1, -0.05) is 12.1 Å². The molecule has 154 valence electrons. The number of nitrogens with one attached hydrogen (secondary N) is 1. The molecule has 1 aromatic carbocycles. The molecule has 6 nitrogen and oxygen atoms in total. The second-order valence-corrected chi connectivity index (χ2v) is 8.62. The largest absolute Gasteiger partial charge is 0.466 e. The zero-order valence-corrected chi connectivity index (χ0v) is 17.5. The summed E-state index contributed by atoms with van der Waals surface area (Å²) in [5, 5.41) is 5.38. The first-order valence-electron chi connectivity index (χ1n) is 9.82. The molecule has 1 aliphatic carbocycles. The van der Waals surface area contributed by atoms with Gasteiger partial charge >= 0.3 is 5.97 Å². The number of benzene rings is 1. The Labute approximate surface area is 178 Å². The predicted molar refractivity (Wildman–Crippen MR) is 111 cm³/mol. The highest BCUT2D eigenvalue weighted by Gasteiger charge is 2.41. The third-order valence-electron chi connectivity index (χ3n) is 5.91. The number of Topliss-reactive ketones (excluding diaryl/α,β-unsaturated/α-hetero) is 1. The average Bonchev–Trinajstić information content (AvgIpc) is 3.43. The Balaban J connectivity index is 1.62. The quantitative estimate of drug-likeness (QED) is 0.752. The third-order valence-corrected chi connectivity index (χ3v) is 6.94. The van der Waals surface area contributed by atoms with Crippen LogP contribution < -0.4 is 14.8 Å². The minimum Gasteiger partial charge on any atom is -0.466 e. The van der Waals surface area contributed by atoms with Gasteiger partial charge in [-0.15, -0.1) is 11.3 Å². The number of ether oxygens (including phenoxy) is 3. The topological polar surface area (TPSA) is 73.9 Å². The molecule has 3 aliphatic rings. The Morgan fingerprint density at radius 3 is 2.80 bits per heavy atom. The Morgan fingerprint density at radius 2 is 2.03 bits per heavy atom. The molecule has 0 saturated carbocycles. The van der Waals surface area contributed by atoms with E-state index < -0.39 is 11.9 Å². The Hall–Kier alpha value is -3.06. The number of ketones is 1. The predicted octanol–water partition coefficient (Wildman–Crippen LogP) is 4.01. The van der Waals surface area contributed by atoms with Gasteiger partial charge in [0.15, 0.2) is 17.3 Å². The summed E-state index contributed by atoms with van der Waals surface area (Å²) in [7, 11) is 1.36. The van der Waals surface area contributed by atoms with Gasteiger partial charge in [0.2, 0.25) is 6.79 Å². The summed E-state index contributed by atoms with van der Waals surface area (Å²) in [5.74, 6) is 0.541. The first-order valence-corrected chi connectivity index (χ1v) is 10.7. The van der Waals surface area contributed by atoms with Crippen LogP contribution in [0.15, 0.2) is 58.3 Å². The molecule has 1 N–H and O–H groups in total. The number of fused-ring (bicyclic) bond motifs is 1. The van der Waals surface area contributed by atoms with Gasteiger partial charge in [0, 0.05) is 40.1 Å². The van der Waals surface area contributed by atoms with Crippen molar-refractivity contribution in [2.75, 3.05) is 13.9 Å². The summed E-state index contributed by atoms with van der Waals surface area (Å²) in [6, 6.07) is 9.67. The number of carbonyl (C=O) groups excluding carboxylic acids is 2. The number of thiophene rings is 1. The number of hydrogen-bond donors (Lipinski definition) is 1. The maximum atomic E-state index is 13.4. The van der Waals surface area contributed by atoms with E-state index in [1.807, 2.05) is 36.6 Å². The minimum atomic E-state index is -0.500. The van der Waals surface area contributed by atoms with Crippen molar-refractivity contribution in [3.05, 3.63) is 68.7 Å². The van der Waals surface area contributed by atoms with E-state index in [2.05, 4.69) is 11.4 Å². The Bertz CT molecular complexity index is 1100. The van der Waals surface area contributed by atoms with Crippen LogP contribution in [0.4, 0.5) is 0 Å². The van der Waals surface area contributed by atoms with E-state index in [-0.39, 0.29) is 18.5 Å². The Kier molecular flexibility index (Phi) is 4.62. The van der Waals surface area contributed by atoms with Crippen molar-refractivity contribution in [1.29, 1.82) is 0 Å². The third kappa shape index (κ3) is 3.01. The van der Waals surface area contributed by atoms with E-state index in [1.165, 1.54) is 12.0 Å². The van der Waals surface area contributed by atoms with Crippen LogP contribution in [0.3, 0.4) is 0 Å². The molecule has 5 rings (SSSR count). The average molecular weight is 423 g/mol. The number of esters is 1. The molecule has 0 bridgehead atoms. The lowest BCUT2D eigenvalue weighted by Gasteiger charge is -2.36. The van der Waals surface area contributed by atoms with Gasteiger partial charge < -0.3 is 19.5 Å². The van der Waals surface area contributed by atoms with Gasteiger partial charge in [0.25, 0.3) is 0 Å². The van der Waals surface area contributed by atoms with E-state index >= 15 is 0 Å². The van der Waals surface area contributed by atoms with Gasteiger partial charge in [0.05, 0.1) is 12.7 Å². The van der Waals surface area contributed by atoms with Crippen LogP contribution in [0.2, 0.25) is 0 Å². The van der Waals surface area contributed by atoms with E-state index in [0.717, 1.165) is 17.7 Å². The van der Waals surface area contributed by atoms with Crippen LogP contribution in [-0.2, 0) is 14.3 Å². The summed E-state index contributed by atoms with van der Waals surface area (Å²) >= 11 is 1.67. The van der Waals surface area contributed by atoms with E-state index in [0.29, 0.717) is 34.8 Å². The van der Waals surface area contributed by atoms with E-state index in [4.69, 9.17) is 14.2 Å². The van der Waals surface area contributed by atoms with Gasteiger partial charge in [-0.25, -0.2) is 4.79 Å². The summed E-state index contributed by atoms with van der Waals surface area (Å²) in [4.78, 5) is 27.3. The van der Waals surface area contributed by atoms with Crippen molar-refractivity contribution in [1.82, 2.24) is 5.32 Å². The normalized spacial score (nSPS) is 22.7. The monoisotopic (exact) mass is 423 g/mol. The van der Waals surface area contributed by atoms with Gasteiger partial charge in [-0.3, -0.25) is 4.79 Å². The fraction of sp³-hybridized carbons (Fsp3) is 0.304. The fourth-order valence-electron chi connectivity index (χ4n) is 4.57. The summed E-state index contributed by atoms with van der Waals surface area (Å²) in [5.41, 5.74) is 3.52. The molecule has 7 heteroatoms. The molecule has 0 spiro atoms. The highest BCUT2D eigenvalue weighted by Crippen LogP contribution is 2.47. The van der Waals surface area contributed by atoms with Crippen LogP contribution in [0, 0.1) is 0 Å². The maximum Gasteiger partial charge on any atom is 0.336 e. The zero-order chi connectivity index (χ0) is 20.8. The van der Waals surface area contributed by atoms with Crippen LogP contribution in [0.25, 0.3) is 0 Å². The lowest BCUT2D eigenvalue weighted by Crippen LogP contribution is -2.35. The fourth-order valence-corrected chi connectivity index (χ4v) is 5.40. The summed E-state index contributed by atoms with van der Waals surface area (Å²) in [6.07, 6.45) is 1.16. The number of allylic oxidation sites excluding steroid dienone is 3. The molecule has 2 unspecified atom stereocenters. The van der Waals surface area contributed by atoms with Gasteiger partial charge in [-0.2, -0.15) is 0 Å². The molecule has 0 fully saturated rings. The molecule has 1 aromatic heterocycles. The van der Waals surface area contributed by atoms with Crippen molar-refractivity contribution >= 4 is 23.1 Å². The number of dihydropyridines is 1. The first-order chi connectivity index (χ1) is 14.6. The maximum absolute atomic E-state index is 13.4. The van der Waals surface area contributed by atoms with Crippen molar-refractivity contribution in [2.45, 2.75) is 31.6 Å². The molecule has 2 aromatic rings. The molecule has 30 heavy (non-hydrogen) atoms. The Morgan fingerprint density at radius 1 is 1.20 bits per heavy atom. The van der Waals surface area contributed by atoms with Crippen LogP contribution >= 0.6 is 11.3 Å². The minimum absolute atomic E-state index is 0.0544. The van der Waals surface area contributed by atoms with E-state index in [9.17, 15) is 9.59 Å². The van der Waals surface area contributed by atoms with Crippen LogP contribution in [-0.4, -0.2) is 25.7 Å². The van der Waals surface area contributed by atoms with Gasteiger partial charge in [0.1, 0.15) is 0 Å². The highest BCUT2D eigenvalue weighted by molar-refractivity contribution is 7.10. The standard InChI is InChI=1S/C23H21NO5S/c1-12-20(23(26)27-2)21(13-5-6-17-18(10-13)29-11-28-17)22-15(24-12)8-14(9-16(22)25)19-4-3-7-30-19/h3-7,10,14,21,24H,8-9,11H2,1-2H3. The molecule has 0 saturated heterocycles. The number of methoxy groups -OCH3 is 1. The highest BCUT2D eigenvalue weighted by atomic mass is 32.1. The molecule has 2 aliphatic heterocycles. The lowest BCUT2D eigenvalue weighted by atomic mass is 9.72. The van der Waals surface area contributed by atoms with Gasteiger partial charge in [-0.05, 0) is 42.5 Å². The second kappa shape index (κ2) is 7.32. The molecule has 0 amide bonds. The van der Waals surface area contributed by atoms with Crippen molar-refractivity contribution in [3.8, 4) is 11.5 Å². The number of rotatable bonds is 3. The first kappa shape index (κ1) is 18.9. The molecule has 3 heterocycles. The zero-order valence-electron chi connectivity index (χ0n) is 16.7. The van der Waals surface area contributed by atoms with Crippen LogP contribution in [0.5, 0.6) is 11.5 Å². The molecule has 2 atom stereocenters. The summed E-state index contributed by atoms with van der Waals surface area (Å²) < 4.78 is 16.0. The van der Waals surface area contributed by atoms with E-state index in [1.54, 1.807) is 11.3 Å². The molecular weight excluding hydrogens is 402 g/mol. The molecule has 0 radical (unpaired) electrons. The van der Waals surface area contributed by atoms with Crippen LogP contribution in [0.1, 0.15) is 42.0 Å². The summed E-state index contributed by atoms with van der Waals surface area (Å²) in [6.45, 7) is 2.02. The van der Waals surface area contributed by atoms with Crippen molar-refractivity contribution in [3.63, 3.8) is 0 Å².